The highest BCUT2D eigenvalue weighted by molar-refractivity contribution is 7.13. The van der Waals surface area contributed by atoms with E-state index in [1.54, 1.807) is 13.2 Å². The first kappa shape index (κ1) is 15.9. The third-order valence-electron chi connectivity index (χ3n) is 3.94. The maximum atomic E-state index is 13.4. The minimum Gasteiger partial charge on any atom is -0.383 e. The zero-order valence-electron chi connectivity index (χ0n) is 13.5. The molecule has 2 heterocycles. The fourth-order valence-electron chi connectivity index (χ4n) is 2.74. The van der Waals surface area contributed by atoms with Crippen LogP contribution < -0.4 is 0 Å². The summed E-state index contributed by atoms with van der Waals surface area (Å²) in [6.45, 7) is 5.70. The second kappa shape index (κ2) is 6.64. The first-order chi connectivity index (χ1) is 11.1. The maximum Gasteiger partial charge on any atom is 0.124 e. The smallest absolute Gasteiger partial charge is 0.124 e. The fourth-order valence-corrected chi connectivity index (χ4v) is 3.56. The lowest BCUT2D eigenvalue weighted by molar-refractivity contribution is 0.186. The lowest BCUT2D eigenvalue weighted by Crippen LogP contribution is -2.07. The van der Waals surface area contributed by atoms with Gasteiger partial charge in [-0.1, -0.05) is 12.1 Å². The molecule has 3 rings (SSSR count). The molecule has 0 unspecified atom stereocenters. The van der Waals surface area contributed by atoms with Crippen molar-refractivity contribution in [3.05, 3.63) is 52.9 Å². The SMILES string of the molecule is COCCn1c(C)cc(-c2csc(-c3cccc(F)c3)n2)c1C. The molecule has 120 valence electrons. The number of benzene rings is 1. The van der Waals surface area contributed by atoms with E-state index >= 15 is 0 Å². The number of nitrogens with zero attached hydrogens (tertiary/aromatic N) is 2. The molecular formula is C18H19FN2OS. The van der Waals surface area contributed by atoms with Gasteiger partial charge in [-0.05, 0) is 32.0 Å². The summed E-state index contributed by atoms with van der Waals surface area (Å²) >= 11 is 1.54. The number of halogens is 1. The Morgan fingerprint density at radius 3 is 2.83 bits per heavy atom. The van der Waals surface area contributed by atoms with Crippen LogP contribution in [-0.4, -0.2) is 23.3 Å². The van der Waals surface area contributed by atoms with Gasteiger partial charge in [0.2, 0.25) is 0 Å². The molecule has 0 fully saturated rings. The molecule has 0 aliphatic carbocycles. The lowest BCUT2D eigenvalue weighted by Gasteiger charge is -2.08. The van der Waals surface area contributed by atoms with E-state index in [4.69, 9.17) is 9.72 Å². The topological polar surface area (TPSA) is 27.1 Å². The standard InChI is InChI=1S/C18H19FN2OS/c1-12-9-16(13(2)21(12)7-8-22-3)17-11-23-18(20-17)14-5-4-6-15(19)10-14/h4-6,9-11H,7-8H2,1-3H3. The second-order valence-corrected chi connectivity index (χ2v) is 6.34. The molecule has 0 aliphatic heterocycles. The van der Waals surface area contributed by atoms with Crippen molar-refractivity contribution >= 4 is 11.3 Å². The highest BCUT2D eigenvalue weighted by Crippen LogP contribution is 2.32. The summed E-state index contributed by atoms with van der Waals surface area (Å²) in [7, 11) is 1.71. The molecule has 2 aromatic heterocycles. The summed E-state index contributed by atoms with van der Waals surface area (Å²) in [4.78, 5) is 4.69. The number of rotatable bonds is 5. The van der Waals surface area contributed by atoms with Gasteiger partial charge in [-0.3, -0.25) is 0 Å². The fraction of sp³-hybridized carbons (Fsp3) is 0.278. The number of methoxy groups -OCH3 is 1. The highest BCUT2D eigenvalue weighted by Gasteiger charge is 2.14. The van der Waals surface area contributed by atoms with E-state index in [1.807, 2.05) is 11.4 Å². The van der Waals surface area contributed by atoms with Crippen LogP contribution in [0.25, 0.3) is 21.8 Å². The van der Waals surface area contributed by atoms with Crippen LogP contribution in [0, 0.1) is 19.7 Å². The molecule has 0 N–H and O–H groups in total. The van der Waals surface area contributed by atoms with E-state index in [2.05, 4.69) is 24.5 Å². The van der Waals surface area contributed by atoms with Crippen molar-refractivity contribution < 1.29 is 9.13 Å². The van der Waals surface area contributed by atoms with Gasteiger partial charge < -0.3 is 9.30 Å². The second-order valence-electron chi connectivity index (χ2n) is 5.48. The average Bonchev–Trinajstić information content (AvgIpc) is 3.11. The van der Waals surface area contributed by atoms with Crippen molar-refractivity contribution in [2.45, 2.75) is 20.4 Å². The third-order valence-corrected chi connectivity index (χ3v) is 4.84. The van der Waals surface area contributed by atoms with E-state index in [1.165, 1.54) is 34.9 Å². The normalized spacial score (nSPS) is 11.1. The molecule has 0 aliphatic rings. The van der Waals surface area contributed by atoms with E-state index < -0.39 is 0 Å². The van der Waals surface area contributed by atoms with Gasteiger partial charge in [-0.15, -0.1) is 11.3 Å². The number of ether oxygens (including phenoxy) is 1. The molecule has 0 radical (unpaired) electrons. The first-order valence-corrected chi connectivity index (χ1v) is 8.35. The summed E-state index contributed by atoms with van der Waals surface area (Å²) in [6.07, 6.45) is 0. The number of hydrogen-bond donors (Lipinski definition) is 0. The van der Waals surface area contributed by atoms with Gasteiger partial charge in [0.25, 0.3) is 0 Å². The number of aromatic nitrogens is 2. The Bertz CT molecular complexity index is 822. The van der Waals surface area contributed by atoms with Gasteiger partial charge in [-0.2, -0.15) is 0 Å². The first-order valence-electron chi connectivity index (χ1n) is 7.47. The van der Waals surface area contributed by atoms with Crippen molar-refractivity contribution in [1.29, 1.82) is 0 Å². The molecule has 5 heteroatoms. The Hall–Kier alpha value is -1.98. The molecule has 0 spiro atoms. The van der Waals surface area contributed by atoms with Crippen molar-refractivity contribution in [3.63, 3.8) is 0 Å². The molecule has 3 aromatic rings. The molecule has 3 nitrogen and oxygen atoms in total. The van der Waals surface area contributed by atoms with Crippen LogP contribution in [0.3, 0.4) is 0 Å². The van der Waals surface area contributed by atoms with E-state index in [9.17, 15) is 4.39 Å². The molecule has 1 aromatic carbocycles. The maximum absolute atomic E-state index is 13.4. The Labute approximate surface area is 139 Å². The van der Waals surface area contributed by atoms with Crippen LogP contribution in [0.4, 0.5) is 4.39 Å². The van der Waals surface area contributed by atoms with E-state index in [0.717, 1.165) is 28.4 Å². The Balaban J connectivity index is 1.94. The van der Waals surface area contributed by atoms with Gasteiger partial charge >= 0.3 is 0 Å². The van der Waals surface area contributed by atoms with Gasteiger partial charge in [0, 0.05) is 41.5 Å². The monoisotopic (exact) mass is 330 g/mol. The third kappa shape index (κ3) is 3.21. The van der Waals surface area contributed by atoms with E-state index in [0.29, 0.717) is 6.61 Å². The molecule has 0 amide bonds. The minimum atomic E-state index is -0.239. The predicted molar refractivity (Wildman–Crippen MR) is 92.3 cm³/mol. The van der Waals surface area contributed by atoms with Crippen molar-refractivity contribution in [1.82, 2.24) is 9.55 Å². The summed E-state index contributed by atoms with van der Waals surface area (Å²) in [6, 6.07) is 8.71. The molecule has 0 saturated heterocycles. The van der Waals surface area contributed by atoms with Gasteiger partial charge in [0.05, 0.1) is 12.3 Å². The van der Waals surface area contributed by atoms with Crippen LogP contribution in [0.1, 0.15) is 11.4 Å². The number of hydrogen-bond acceptors (Lipinski definition) is 3. The summed E-state index contributed by atoms with van der Waals surface area (Å²) in [5, 5.41) is 2.86. The van der Waals surface area contributed by atoms with Gasteiger partial charge in [-0.25, -0.2) is 9.37 Å². The molecular weight excluding hydrogens is 311 g/mol. The number of aryl methyl sites for hydroxylation is 1. The minimum absolute atomic E-state index is 0.239. The molecule has 0 saturated carbocycles. The largest absolute Gasteiger partial charge is 0.383 e. The Kier molecular flexibility index (Phi) is 4.59. The van der Waals surface area contributed by atoms with Gasteiger partial charge in [0.15, 0.2) is 0 Å². The molecule has 0 bridgehead atoms. The van der Waals surface area contributed by atoms with Crippen LogP contribution >= 0.6 is 11.3 Å². The van der Waals surface area contributed by atoms with Crippen molar-refractivity contribution in [2.75, 3.05) is 13.7 Å². The lowest BCUT2D eigenvalue weighted by atomic mass is 10.2. The highest BCUT2D eigenvalue weighted by atomic mass is 32.1. The van der Waals surface area contributed by atoms with E-state index in [-0.39, 0.29) is 5.82 Å². The van der Waals surface area contributed by atoms with Crippen molar-refractivity contribution in [3.8, 4) is 21.8 Å². The van der Waals surface area contributed by atoms with Crippen LogP contribution in [-0.2, 0) is 11.3 Å². The molecule has 0 atom stereocenters. The predicted octanol–water partition coefficient (Wildman–Crippen LogP) is 4.68. The average molecular weight is 330 g/mol. The van der Waals surface area contributed by atoms with Crippen LogP contribution in [0.15, 0.2) is 35.7 Å². The Morgan fingerprint density at radius 2 is 2.09 bits per heavy atom. The zero-order chi connectivity index (χ0) is 16.4. The number of thiazole rings is 1. The molecule has 23 heavy (non-hydrogen) atoms. The summed E-state index contributed by atoms with van der Waals surface area (Å²) in [5.74, 6) is -0.239. The van der Waals surface area contributed by atoms with Gasteiger partial charge in [0.1, 0.15) is 10.8 Å². The summed E-state index contributed by atoms with van der Waals surface area (Å²) in [5.41, 5.74) is 5.24. The quantitative estimate of drug-likeness (QED) is 0.679. The van der Waals surface area contributed by atoms with Crippen LogP contribution in [0.2, 0.25) is 0 Å². The van der Waals surface area contributed by atoms with Crippen LogP contribution in [0.5, 0.6) is 0 Å². The van der Waals surface area contributed by atoms with Crippen molar-refractivity contribution in [2.24, 2.45) is 0 Å². The zero-order valence-corrected chi connectivity index (χ0v) is 14.3. The Morgan fingerprint density at radius 1 is 1.26 bits per heavy atom. The summed E-state index contributed by atoms with van der Waals surface area (Å²) < 4.78 is 20.8.